The number of carbonyl (C=O) groups excluding carboxylic acids is 1. The van der Waals surface area contributed by atoms with Gasteiger partial charge in [0.1, 0.15) is 6.07 Å². The van der Waals surface area contributed by atoms with E-state index in [1.165, 1.54) is 7.11 Å². The van der Waals surface area contributed by atoms with Crippen LogP contribution in [0.4, 0.5) is 11.4 Å². The van der Waals surface area contributed by atoms with Crippen molar-refractivity contribution in [3.05, 3.63) is 59.3 Å². The molecule has 0 saturated heterocycles. The van der Waals surface area contributed by atoms with Crippen LogP contribution in [0.5, 0.6) is 0 Å². The Balaban J connectivity index is 2.11. The van der Waals surface area contributed by atoms with Gasteiger partial charge in [-0.2, -0.15) is 5.26 Å². The lowest BCUT2D eigenvalue weighted by molar-refractivity contribution is 0.0600. The first kappa shape index (κ1) is 15.4. The molecular formula is C18H14N4O2. The maximum absolute atomic E-state index is 11.8. The number of hydrogen-bond donors (Lipinski definition) is 1. The number of anilines is 2. The van der Waals surface area contributed by atoms with E-state index < -0.39 is 5.97 Å². The Kier molecular flexibility index (Phi) is 4.08. The molecule has 2 aromatic carbocycles. The fourth-order valence-corrected chi connectivity index (χ4v) is 2.43. The molecule has 0 spiro atoms. The van der Waals surface area contributed by atoms with E-state index in [-0.39, 0.29) is 5.69 Å². The first-order valence-electron chi connectivity index (χ1n) is 7.25. The number of nitriles is 1. The Hall–Kier alpha value is -3.46. The minimum absolute atomic E-state index is 0.189. The van der Waals surface area contributed by atoms with Crippen molar-refractivity contribution in [2.24, 2.45) is 0 Å². The highest BCUT2D eigenvalue weighted by molar-refractivity contribution is 5.96. The lowest BCUT2D eigenvalue weighted by Gasteiger charge is -2.12. The molecule has 1 aromatic heterocycles. The summed E-state index contributed by atoms with van der Waals surface area (Å²) in [7, 11) is 1.34. The van der Waals surface area contributed by atoms with E-state index in [0.29, 0.717) is 22.5 Å². The number of nitrogens with zero attached hydrogens (tertiary/aromatic N) is 3. The predicted molar refractivity (Wildman–Crippen MR) is 90.1 cm³/mol. The molecule has 0 fully saturated rings. The lowest BCUT2D eigenvalue weighted by Crippen LogP contribution is -2.05. The van der Waals surface area contributed by atoms with Crippen molar-refractivity contribution in [3.63, 3.8) is 0 Å². The Morgan fingerprint density at radius 1 is 1.21 bits per heavy atom. The van der Waals surface area contributed by atoms with Gasteiger partial charge in [-0.25, -0.2) is 4.79 Å². The first-order valence-corrected chi connectivity index (χ1v) is 7.25. The average Bonchev–Trinajstić information content (AvgIpc) is 2.62. The number of methoxy groups -OCH3 is 1. The summed E-state index contributed by atoms with van der Waals surface area (Å²) in [6.45, 7) is 1.83. The summed E-state index contributed by atoms with van der Waals surface area (Å²) in [6, 6.07) is 14.8. The zero-order valence-corrected chi connectivity index (χ0v) is 13.2. The number of aromatic nitrogens is 2. The molecule has 0 aliphatic carbocycles. The molecule has 3 aromatic rings. The van der Waals surface area contributed by atoms with Crippen LogP contribution in [0.2, 0.25) is 0 Å². The minimum atomic E-state index is -0.408. The van der Waals surface area contributed by atoms with E-state index in [2.05, 4.69) is 15.5 Å². The number of ether oxygens (including phenoxy) is 1. The van der Waals surface area contributed by atoms with E-state index >= 15 is 0 Å². The van der Waals surface area contributed by atoms with Gasteiger partial charge in [0.15, 0.2) is 5.69 Å². The summed E-state index contributed by atoms with van der Waals surface area (Å²) >= 11 is 0. The van der Waals surface area contributed by atoms with Crippen LogP contribution in [0.1, 0.15) is 21.6 Å². The molecule has 3 rings (SSSR count). The highest BCUT2D eigenvalue weighted by Gasteiger charge is 2.13. The van der Waals surface area contributed by atoms with Crippen LogP contribution < -0.4 is 5.32 Å². The highest BCUT2D eigenvalue weighted by atomic mass is 16.5. The van der Waals surface area contributed by atoms with Crippen molar-refractivity contribution in [1.82, 2.24) is 10.2 Å². The van der Waals surface area contributed by atoms with Crippen LogP contribution in [-0.4, -0.2) is 23.3 Å². The molecule has 0 atom stereocenters. The van der Waals surface area contributed by atoms with E-state index in [4.69, 9.17) is 4.74 Å². The van der Waals surface area contributed by atoms with Crippen molar-refractivity contribution < 1.29 is 9.53 Å². The zero-order valence-electron chi connectivity index (χ0n) is 13.2. The third-order valence-corrected chi connectivity index (χ3v) is 3.69. The monoisotopic (exact) mass is 318 g/mol. The fourth-order valence-electron chi connectivity index (χ4n) is 2.43. The number of fused-ring (bicyclic) bond motifs is 1. The molecular weight excluding hydrogens is 304 g/mol. The molecule has 0 unspecified atom stereocenters. The van der Waals surface area contributed by atoms with Gasteiger partial charge in [0.05, 0.1) is 23.9 Å². The van der Waals surface area contributed by atoms with Crippen molar-refractivity contribution >= 4 is 28.2 Å². The molecule has 24 heavy (non-hydrogen) atoms. The first-order chi connectivity index (χ1) is 11.6. The molecule has 1 heterocycles. The number of rotatable bonds is 3. The van der Waals surface area contributed by atoms with E-state index in [1.807, 2.05) is 49.4 Å². The Bertz CT molecular complexity index is 976. The van der Waals surface area contributed by atoms with Crippen LogP contribution >= 0.6 is 0 Å². The van der Waals surface area contributed by atoms with Gasteiger partial charge in [-0.1, -0.05) is 24.3 Å². The van der Waals surface area contributed by atoms with Gasteiger partial charge >= 0.3 is 5.97 Å². The van der Waals surface area contributed by atoms with Crippen LogP contribution in [0.3, 0.4) is 0 Å². The van der Waals surface area contributed by atoms with Crippen LogP contribution in [0, 0.1) is 18.3 Å². The largest absolute Gasteiger partial charge is 0.465 e. The Morgan fingerprint density at radius 3 is 2.75 bits per heavy atom. The molecule has 0 amide bonds. The molecule has 0 aliphatic rings. The molecule has 6 heteroatoms. The Morgan fingerprint density at radius 2 is 2.00 bits per heavy atom. The topological polar surface area (TPSA) is 87.9 Å². The summed E-state index contributed by atoms with van der Waals surface area (Å²) in [5, 5.41) is 21.3. The van der Waals surface area contributed by atoms with Gasteiger partial charge in [-0.05, 0) is 30.7 Å². The third kappa shape index (κ3) is 2.75. The summed E-state index contributed by atoms with van der Waals surface area (Å²) in [4.78, 5) is 11.8. The third-order valence-electron chi connectivity index (χ3n) is 3.69. The second-order valence-corrected chi connectivity index (χ2v) is 5.20. The Labute approximate surface area is 138 Å². The SMILES string of the molecule is COC(=O)c1cc(Nc2c(C#N)nnc3ccccc23)ccc1C. The molecule has 0 radical (unpaired) electrons. The van der Waals surface area contributed by atoms with E-state index in [1.54, 1.807) is 6.07 Å². The summed E-state index contributed by atoms with van der Waals surface area (Å²) in [5.41, 5.74) is 3.37. The van der Waals surface area contributed by atoms with Crippen LogP contribution in [0.15, 0.2) is 42.5 Å². The lowest BCUT2D eigenvalue weighted by atomic mass is 10.1. The maximum Gasteiger partial charge on any atom is 0.338 e. The van der Waals surface area contributed by atoms with Gasteiger partial charge in [0, 0.05) is 11.1 Å². The highest BCUT2D eigenvalue weighted by Crippen LogP contribution is 2.28. The van der Waals surface area contributed by atoms with Gasteiger partial charge in [0.2, 0.25) is 0 Å². The number of benzene rings is 2. The standard InChI is InChI=1S/C18H14N4O2/c1-11-7-8-12(9-14(11)18(23)24-2)20-17-13-5-3-4-6-15(13)21-22-16(17)10-19/h3-9H,1-2H3,(H,20,21). The second kappa shape index (κ2) is 6.34. The van der Waals surface area contributed by atoms with Gasteiger partial charge < -0.3 is 10.1 Å². The smallest absolute Gasteiger partial charge is 0.338 e. The van der Waals surface area contributed by atoms with Gasteiger partial charge in [0.25, 0.3) is 0 Å². The number of carbonyl (C=O) groups is 1. The number of esters is 1. The molecule has 118 valence electrons. The molecule has 0 bridgehead atoms. The van der Waals surface area contributed by atoms with Crippen molar-refractivity contribution in [2.75, 3.05) is 12.4 Å². The average molecular weight is 318 g/mol. The number of hydrogen-bond acceptors (Lipinski definition) is 6. The predicted octanol–water partition coefficient (Wildman–Crippen LogP) is 3.34. The zero-order chi connectivity index (χ0) is 17.1. The van der Waals surface area contributed by atoms with Crippen LogP contribution in [-0.2, 0) is 4.74 Å². The quantitative estimate of drug-likeness (QED) is 0.745. The molecule has 1 N–H and O–H groups in total. The summed E-state index contributed by atoms with van der Waals surface area (Å²) in [5.74, 6) is -0.408. The van der Waals surface area contributed by atoms with E-state index in [9.17, 15) is 10.1 Å². The van der Waals surface area contributed by atoms with E-state index in [0.717, 1.165) is 10.9 Å². The maximum atomic E-state index is 11.8. The van der Waals surface area contributed by atoms with Crippen LogP contribution in [0.25, 0.3) is 10.9 Å². The van der Waals surface area contributed by atoms with Crippen molar-refractivity contribution in [2.45, 2.75) is 6.92 Å². The summed E-state index contributed by atoms with van der Waals surface area (Å²) in [6.07, 6.45) is 0. The van der Waals surface area contributed by atoms with Gasteiger partial charge in [-0.15, -0.1) is 10.2 Å². The molecule has 0 aliphatic heterocycles. The summed E-state index contributed by atoms with van der Waals surface area (Å²) < 4.78 is 4.80. The number of nitrogens with one attached hydrogen (secondary N) is 1. The molecule has 6 nitrogen and oxygen atoms in total. The van der Waals surface area contributed by atoms with Crippen molar-refractivity contribution in [1.29, 1.82) is 5.26 Å². The molecule has 0 saturated carbocycles. The van der Waals surface area contributed by atoms with Gasteiger partial charge in [-0.3, -0.25) is 0 Å². The normalized spacial score (nSPS) is 10.2. The minimum Gasteiger partial charge on any atom is -0.465 e. The van der Waals surface area contributed by atoms with Crippen molar-refractivity contribution in [3.8, 4) is 6.07 Å². The second-order valence-electron chi connectivity index (χ2n) is 5.20. The fraction of sp³-hybridized carbons (Fsp3) is 0.111. The number of aryl methyl sites for hydroxylation is 1.